The molecular formula is C16H20FN3O2S. The van der Waals surface area contributed by atoms with E-state index in [1.54, 1.807) is 30.4 Å². The van der Waals surface area contributed by atoms with E-state index >= 15 is 0 Å². The lowest BCUT2D eigenvalue weighted by Crippen LogP contribution is -2.34. The first-order chi connectivity index (χ1) is 11.1. The fourth-order valence-corrected chi connectivity index (χ4v) is 2.72. The number of hydrogen-bond acceptors (Lipinski definition) is 4. The number of halogens is 1. The number of benzene rings is 1. The quantitative estimate of drug-likeness (QED) is 0.815. The molecule has 2 aromatic rings. The van der Waals surface area contributed by atoms with Gasteiger partial charge in [-0.25, -0.2) is 14.2 Å². The normalized spacial score (nSPS) is 10.4. The predicted octanol–water partition coefficient (Wildman–Crippen LogP) is 3.24. The van der Waals surface area contributed by atoms with Gasteiger partial charge in [-0.3, -0.25) is 0 Å². The van der Waals surface area contributed by atoms with Crippen LogP contribution in [0.5, 0.6) is 5.75 Å². The lowest BCUT2D eigenvalue weighted by atomic mass is 10.2. The summed E-state index contributed by atoms with van der Waals surface area (Å²) in [5.41, 5.74) is 0.670. The molecule has 23 heavy (non-hydrogen) atoms. The number of thiazole rings is 1. The molecule has 0 aliphatic heterocycles. The number of amides is 2. The van der Waals surface area contributed by atoms with E-state index in [-0.39, 0.29) is 18.3 Å². The summed E-state index contributed by atoms with van der Waals surface area (Å²) in [6.45, 7) is 4.90. The number of urea groups is 1. The zero-order valence-electron chi connectivity index (χ0n) is 13.2. The van der Waals surface area contributed by atoms with Gasteiger partial charge in [-0.05, 0) is 31.0 Å². The Bertz CT molecular complexity index is 661. The highest BCUT2D eigenvalue weighted by molar-refractivity contribution is 7.11. The second-order valence-corrected chi connectivity index (χ2v) is 6.01. The fraction of sp³-hybridized carbons (Fsp3) is 0.375. The number of nitrogens with zero attached hydrogens (tertiary/aromatic N) is 1. The predicted molar refractivity (Wildman–Crippen MR) is 88.1 cm³/mol. The molecule has 0 unspecified atom stereocenters. The number of rotatable bonds is 7. The first kappa shape index (κ1) is 17.2. The van der Waals surface area contributed by atoms with Crippen molar-refractivity contribution >= 4 is 17.4 Å². The number of aromatic nitrogens is 1. The van der Waals surface area contributed by atoms with Gasteiger partial charge in [0.1, 0.15) is 5.01 Å². The minimum atomic E-state index is -0.429. The topological polar surface area (TPSA) is 63.2 Å². The van der Waals surface area contributed by atoms with Gasteiger partial charge >= 0.3 is 6.03 Å². The molecule has 0 bridgehead atoms. The van der Waals surface area contributed by atoms with E-state index in [1.165, 1.54) is 10.9 Å². The molecular weight excluding hydrogens is 317 g/mol. The molecule has 0 fully saturated rings. The van der Waals surface area contributed by atoms with E-state index in [9.17, 15) is 9.18 Å². The number of ether oxygens (including phenoxy) is 1. The van der Waals surface area contributed by atoms with Crippen molar-refractivity contribution in [3.63, 3.8) is 0 Å². The largest absolute Gasteiger partial charge is 0.491 e. The second kappa shape index (κ2) is 8.47. The highest BCUT2D eigenvalue weighted by Gasteiger charge is 2.07. The number of nitrogens with one attached hydrogen (secondary N) is 2. The van der Waals surface area contributed by atoms with Crippen LogP contribution in [0, 0.1) is 5.82 Å². The van der Waals surface area contributed by atoms with Crippen molar-refractivity contribution in [2.24, 2.45) is 0 Å². The van der Waals surface area contributed by atoms with Crippen molar-refractivity contribution in [3.8, 4) is 5.75 Å². The Hall–Kier alpha value is -2.15. The van der Waals surface area contributed by atoms with Crippen LogP contribution in [0.15, 0.2) is 24.4 Å². The molecule has 0 spiro atoms. The van der Waals surface area contributed by atoms with Crippen LogP contribution in [-0.4, -0.2) is 17.6 Å². The van der Waals surface area contributed by atoms with Crippen molar-refractivity contribution in [3.05, 3.63) is 45.7 Å². The van der Waals surface area contributed by atoms with E-state index in [0.29, 0.717) is 18.7 Å². The summed E-state index contributed by atoms with van der Waals surface area (Å²) in [6.07, 6.45) is 2.76. The summed E-state index contributed by atoms with van der Waals surface area (Å²) >= 11 is 1.58. The van der Waals surface area contributed by atoms with Crippen LogP contribution < -0.4 is 15.4 Å². The Labute approximate surface area is 138 Å². The Morgan fingerprint density at radius 3 is 2.74 bits per heavy atom. The van der Waals surface area contributed by atoms with E-state index < -0.39 is 5.82 Å². The molecule has 1 heterocycles. The highest BCUT2D eigenvalue weighted by Crippen LogP contribution is 2.18. The molecule has 0 saturated heterocycles. The fourth-order valence-electron chi connectivity index (χ4n) is 1.92. The van der Waals surface area contributed by atoms with E-state index in [1.807, 2.05) is 6.20 Å². The minimum Gasteiger partial charge on any atom is -0.491 e. The third kappa shape index (κ3) is 5.21. The second-order valence-electron chi connectivity index (χ2n) is 4.81. The maximum atomic E-state index is 13.7. The maximum Gasteiger partial charge on any atom is 0.315 e. The summed E-state index contributed by atoms with van der Waals surface area (Å²) in [6, 6.07) is 4.34. The van der Waals surface area contributed by atoms with Crippen LogP contribution in [0.2, 0.25) is 0 Å². The molecule has 0 aliphatic rings. The molecule has 0 saturated carbocycles. The summed E-state index contributed by atoms with van der Waals surface area (Å²) in [5.74, 6) is -0.211. The molecule has 1 aromatic carbocycles. The first-order valence-electron chi connectivity index (χ1n) is 7.48. The molecule has 2 rings (SSSR count). The zero-order chi connectivity index (χ0) is 16.7. The van der Waals surface area contributed by atoms with Crippen molar-refractivity contribution in [2.45, 2.75) is 33.4 Å². The molecule has 2 amide bonds. The summed E-state index contributed by atoms with van der Waals surface area (Å²) < 4.78 is 18.8. The van der Waals surface area contributed by atoms with Crippen LogP contribution in [0.25, 0.3) is 0 Å². The van der Waals surface area contributed by atoms with Gasteiger partial charge in [-0.2, -0.15) is 0 Å². The first-order valence-corrected chi connectivity index (χ1v) is 8.30. The smallest absolute Gasteiger partial charge is 0.315 e. The average Bonchev–Trinajstić information content (AvgIpc) is 3.01. The van der Waals surface area contributed by atoms with Crippen LogP contribution in [0.1, 0.15) is 29.3 Å². The summed E-state index contributed by atoms with van der Waals surface area (Å²) in [7, 11) is 0. The van der Waals surface area contributed by atoms with Gasteiger partial charge in [0, 0.05) is 17.6 Å². The monoisotopic (exact) mass is 337 g/mol. The van der Waals surface area contributed by atoms with Crippen molar-refractivity contribution in [2.75, 3.05) is 6.61 Å². The number of hydrogen-bond donors (Lipinski definition) is 2. The van der Waals surface area contributed by atoms with E-state index in [2.05, 4.69) is 22.5 Å². The SMILES string of the molecule is CCOc1ccc(CNC(=O)NCc2ncc(CC)s2)cc1F. The van der Waals surface area contributed by atoms with Gasteiger partial charge in [0.15, 0.2) is 11.6 Å². The molecule has 0 atom stereocenters. The van der Waals surface area contributed by atoms with E-state index in [0.717, 1.165) is 11.4 Å². The standard InChI is InChI=1S/C16H20FN3O2S/c1-3-12-9-18-15(23-12)10-20-16(21)19-8-11-5-6-14(22-4-2)13(17)7-11/h5-7,9H,3-4,8,10H2,1-2H3,(H2,19,20,21). The van der Waals surface area contributed by atoms with Gasteiger partial charge in [0.05, 0.1) is 13.2 Å². The van der Waals surface area contributed by atoms with Gasteiger partial charge in [-0.15, -0.1) is 11.3 Å². The van der Waals surface area contributed by atoms with Gasteiger partial charge in [-0.1, -0.05) is 13.0 Å². The summed E-state index contributed by atoms with van der Waals surface area (Å²) in [5, 5.41) is 6.29. The highest BCUT2D eigenvalue weighted by atomic mass is 32.1. The Morgan fingerprint density at radius 1 is 1.30 bits per heavy atom. The molecule has 0 aliphatic carbocycles. The zero-order valence-corrected chi connectivity index (χ0v) is 14.0. The number of carbonyl (C=O) groups excluding carboxylic acids is 1. The lowest BCUT2D eigenvalue weighted by molar-refractivity contribution is 0.240. The molecule has 2 N–H and O–H groups in total. The maximum absolute atomic E-state index is 13.7. The average molecular weight is 337 g/mol. The molecule has 5 nitrogen and oxygen atoms in total. The third-order valence-corrected chi connectivity index (χ3v) is 4.24. The molecule has 7 heteroatoms. The van der Waals surface area contributed by atoms with Crippen LogP contribution >= 0.6 is 11.3 Å². The van der Waals surface area contributed by atoms with Crippen molar-refractivity contribution in [1.29, 1.82) is 0 Å². The Balaban J connectivity index is 1.78. The van der Waals surface area contributed by atoms with Crippen molar-refractivity contribution in [1.82, 2.24) is 15.6 Å². The van der Waals surface area contributed by atoms with Crippen LogP contribution in [0.3, 0.4) is 0 Å². The van der Waals surface area contributed by atoms with Crippen LogP contribution in [-0.2, 0) is 19.5 Å². The number of carbonyl (C=O) groups is 1. The third-order valence-electron chi connectivity index (χ3n) is 3.10. The lowest BCUT2D eigenvalue weighted by Gasteiger charge is -2.09. The minimum absolute atomic E-state index is 0.219. The Kier molecular flexibility index (Phi) is 6.34. The van der Waals surface area contributed by atoms with Gasteiger partial charge in [0.2, 0.25) is 0 Å². The molecule has 1 aromatic heterocycles. The van der Waals surface area contributed by atoms with Gasteiger partial charge in [0.25, 0.3) is 0 Å². The van der Waals surface area contributed by atoms with Crippen LogP contribution in [0.4, 0.5) is 9.18 Å². The molecule has 124 valence electrons. The van der Waals surface area contributed by atoms with E-state index in [4.69, 9.17) is 4.74 Å². The number of aryl methyl sites for hydroxylation is 1. The molecule has 0 radical (unpaired) electrons. The van der Waals surface area contributed by atoms with Crippen molar-refractivity contribution < 1.29 is 13.9 Å². The Morgan fingerprint density at radius 2 is 2.09 bits per heavy atom. The summed E-state index contributed by atoms with van der Waals surface area (Å²) in [4.78, 5) is 17.2. The van der Waals surface area contributed by atoms with Gasteiger partial charge < -0.3 is 15.4 Å².